The highest BCUT2D eigenvalue weighted by Gasteiger charge is 2.27. The molecule has 0 bridgehead atoms. The highest BCUT2D eigenvalue weighted by Crippen LogP contribution is 2.28. The molecule has 0 N–H and O–H groups in total. The summed E-state index contributed by atoms with van der Waals surface area (Å²) < 4.78 is 0. The molecule has 0 atom stereocenters. The Morgan fingerprint density at radius 2 is 1.03 bits per heavy atom. The van der Waals surface area contributed by atoms with Crippen LogP contribution in [0.4, 0.5) is 11.4 Å². The molecule has 0 aromatic heterocycles. The first kappa shape index (κ1) is 22.1. The fourth-order valence-electron chi connectivity index (χ4n) is 5.48. The molecule has 1 fully saturated rings. The SMILES string of the molecule is O=C(CN1CCCN(CC(=O)N2CCCc3ccccc32)CC1)N1CCCc2ccccc21. The van der Waals surface area contributed by atoms with Gasteiger partial charge in [-0.1, -0.05) is 36.4 Å². The lowest BCUT2D eigenvalue weighted by Gasteiger charge is -2.32. The van der Waals surface area contributed by atoms with E-state index in [1.807, 2.05) is 21.9 Å². The fraction of sp³-hybridized carbons (Fsp3) is 0.481. The number of para-hydroxylation sites is 2. The van der Waals surface area contributed by atoms with Crippen LogP contribution in [0.2, 0.25) is 0 Å². The van der Waals surface area contributed by atoms with E-state index in [2.05, 4.69) is 46.2 Å². The summed E-state index contributed by atoms with van der Waals surface area (Å²) in [6.45, 7) is 5.97. The van der Waals surface area contributed by atoms with E-state index in [4.69, 9.17) is 0 Å². The first-order chi connectivity index (χ1) is 16.2. The number of hydrogen-bond donors (Lipinski definition) is 0. The highest BCUT2D eigenvalue weighted by molar-refractivity contribution is 5.96. The highest BCUT2D eigenvalue weighted by atomic mass is 16.2. The van der Waals surface area contributed by atoms with Crippen LogP contribution in [0.5, 0.6) is 0 Å². The average Bonchev–Trinajstić information content (AvgIpc) is 3.08. The quantitative estimate of drug-likeness (QED) is 0.725. The van der Waals surface area contributed by atoms with Gasteiger partial charge in [-0.2, -0.15) is 0 Å². The molecular formula is C27H34N4O2. The van der Waals surface area contributed by atoms with Crippen molar-refractivity contribution >= 4 is 23.2 Å². The molecule has 174 valence electrons. The molecule has 6 heteroatoms. The van der Waals surface area contributed by atoms with E-state index < -0.39 is 0 Å². The zero-order valence-corrected chi connectivity index (χ0v) is 19.4. The number of anilines is 2. The van der Waals surface area contributed by atoms with E-state index in [-0.39, 0.29) is 11.8 Å². The summed E-state index contributed by atoms with van der Waals surface area (Å²) in [6, 6.07) is 16.6. The minimum atomic E-state index is 0.191. The first-order valence-electron chi connectivity index (χ1n) is 12.4. The number of carbonyl (C=O) groups excluding carboxylic acids is 2. The monoisotopic (exact) mass is 446 g/mol. The second kappa shape index (κ2) is 10.1. The second-order valence-corrected chi connectivity index (χ2v) is 9.46. The van der Waals surface area contributed by atoms with Gasteiger partial charge in [-0.15, -0.1) is 0 Å². The molecule has 33 heavy (non-hydrogen) atoms. The lowest BCUT2D eigenvalue weighted by molar-refractivity contribution is -0.121. The molecule has 3 aliphatic heterocycles. The summed E-state index contributed by atoms with van der Waals surface area (Å²) >= 11 is 0. The van der Waals surface area contributed by atoms with Gasteiger partial charge in [0.05, 0.1) is 13.1 Å². The third-order valence-electron chi connectivity index (χ3n) is 7.22. The first-order valence-corrected chi connectivity index (χ1v) is 12.4. The number of rotatable bonds is 4. The summed E-state index contributed by atoms with van der Waals surface area (Å²) in [6.07, 6.45) is 5.13. The van der Waals surface area contributed by atoms with Gasteiger partial charge < -0.3 is 9.80 Å². The van der Waals surface area contributed by atoms with Crippen molar-refractivity contribution in [3.05, 3.63) is 59.7 Å². The third kappa shape index (κ3) is 4.97. The molecule has 0 spiro atoms. The van der Waals surface area contributed by atoms with Gasteiger partial charge in [-0.25, -0.2) is 0 Å². The Bertz CT molecular complexity index is 928. The van der Waals surface area contributed by atoms with Gasteiger partial charge in [0.1, 0.15) is 0 Å². The van der Waals surface area contributed by atoms with Gasteiger partial charge in [0.2, 0.25) is 11.8 Å². The second-order valence-electron chi connectivity index (χ2n) is 9.46. The number of carbonyl (C=O) groups is 2. The molecule has 0 unspecified atom stereocenters. The van der Waals surface area contributed by atoms with Crippen molar-refractivity contribution in [3.63, 3.8) is 0 Å². The summed E-state index contributed by atoms with van der Waals surface area (Å²) in [5.41, 5.74) is 4.71. The maximum Gasteiger partial charge on any atom is 0.241 e. The van der Waals surface area contributed by atoms with Crippen LogP contribution in [0.25, 0.3) is 0 Å². The number of nitrogens with zero attached hydrogens (tertiary/aromatic N) is 4. The molecule has 0 radical (unpaired) electrons. The summed E-state index contributed by atoms with van der Waals surface area (Å²) in [5, 5.41) is 0. The Hall–Kier alpha value is -2.70. The molecule has 3 heterocycles. The Labute approximate surface area is 196 Å². The van der Waals surface area contributed by atoms with Crippen molar-refractivity contribution in [2.45, 2.75) is 32.1 Å². The predicted octanol–water partition coefficient (Wildman–Crippen LogP) is 2.95. The van der Waals surface area contributed by atoms with Crippen LogP contribution in [-0.4, -0.2) is 74.0 Å². The van der Waals surface area contributed by atoms with Crippen molar-refractivity contribution in [3.8, 4) is 0 Å². The van der Waals surface area contributed by atoms with Gasteiger partial charge in [0, 0.05) is 37.6 Å². The van der Waals surface area contributed by atoms with Crippen molar-refractivity contribution in [1.29, 1.82) is 0 Å². The van der Waals surface area contributed by atoms with Gasteiger partial charge >= 0.3 is 0 Å². The van der Waals surface area contributed by atoms with Crippen LogP contribution in [0, 0.1) is 0 Å². The largest absolute Gasteiger partial charge is 0.311 e. The summed E-state index contributed by atoms with van der Waals surface area (Å²) in [5.74, 6) is 0.383. The number of aryl methyl sites for hydroxylation is 2. The molecule has 0 saturated carbocycles. The third-order valence-corrected chi connectivity index (χ3v) is 7.22. The number of fused-ring (bicyclic) bond motifs is 2. The van der Waals surface area contributed by atoms with E-state index in [0.717, 1.165) is 82.7 Å². The molecule has 2 aromatic rings. The van der Waals surface area contributed by atoms with Crippen LogP contribution in [0.15, 0.2) is 48.5 Å². The van der Waals surface area contributed by atoms with Gasteiger partial charge in [0.15, 0.2) is 0 Å². The molecular weight excluding hydrogens is 412 g/mol. The summed E-state index contributed by atoms with van der Waals surface area (Å²) in [7, 11) is 0. The van der Waals surface area contributed by atoms with Crippen LogP contribution < -0.4 is 9.80 Å². The summed E-state index contributed by atoms with van der Waals surface area (Å²) in [4.78, 5) is 34.7. The number of hydrogen-bond acceptors (Lipinski definition) is 4. The molecule has 2 aromatic carbocycles. The van der Waals surface area contributed by atoms with E-state index >= 15 is 0 Å². The predicted molar refractivity (Wildman–Crippen MR) is 132 cm³/mol. The minimum Gasteiger partial charge on any atom is -0.311 e. The van der Waals surface area contributed by atoms with Crippen molar-refractivity contribution in [2.24, 2.45) is 0 Å². The molecule has 0 aliphatic carbocycles. The Morgan fingerprint density at radius 1 is 0.576 bits per heavy atom. The van der Waals surface area contributed by atoms with E-state index in [0.29, 0.717) is 13.1 Å². The maximum atomic E-state index is 13.1. The van der Waals surface area contributed by atoms with Crippen LogP contribution >= 0.6 is 0 Å². The maximum absolute atomic E-state index is 13.1. The Morgan fingerprint density at radius 3 is 1.52 bits per heavy atom. The zero-order chi connectivity index (χ0) is 22.6. The van der Waals surface area contributed by atoms with E-state index in [1.165, 1.54) is 11.1 Å². The lowest BCUT2D eigenvalue weighted by atomic mass is 10.0. The van der Waals surface area contributed by atoms with Crippen molar-refractivity contribution in [2.75, 3.05) is 62.2 Å². The van der Waals surface area contributed by atoms with Crippen LogP contribution in [0.3, 0.4) is 0 Å². The number of benzene rings is 2. The van der Waals surface area contributed by atoms with Gasteiger partial charge in [-0.3, -0.25) is 19.4 Å². The Kier molecular flexibility index (Phi) is 6.74. The van der Waals surface area contributed by atoms with Crippen molar-refractivity contribution in [1.82, 2.24) is 9.80 Å². The molecule has 6 nitrogen and oxygen atoms in total. The molecule has 3 aliphatic rings. The van der Waals surface area contributed by atoms with Crippen LogP contribution in [-0.2, 0) is 22.4 Å². The van der Waals surface area contributed by atoms with Crippen LogP contribution in [0.1, 0.15) is 30.4 Å². The zero-order valence-electron chi connectivity index (χ0n) is 19.4. The van der Waals surface area contributed by atoms with Gasteiger partial charge in [0.25, 0.3) is 0 Å². The van der Waals surface area contributed by atoms with E-state index in [1.54, 1.807) is 0 Å². The lowest BCUT2D eigenvalue weighted by Crippen LogP contribution is -2.45. The average molecular weight is 447 g/mol. The molecule has 5 rings (SSSR count). The topological polar surface area (TPSA) is 47.1 Å². The normalized spacial score (nSPS) is 19.5. The molecule has 1 saturated heterocycles. The fourth-order valence-corrected chi connectivity index (χ4v) is 5.48. The number of amides is 2. The standard InChI is InChI=1S/C27H34N4O2/c32-26(30-16-5-10-22-8-1-3-12-24(22)30)20-28-14-7-15-29(19-18-28)21-27(33)31-17-6-11-23-9-2-4-13-25(23)31/h1-4,8-9,12-13H,5-7,10-11,14-21H2. The van der Waals surface area contributed by atoms with Gasteiger partial charge in [-0.05, 0) is 68.5 Å². The smallest absolute Gasteiger partial charge is 0.241 e. The van der Waals surface area contributed by atoms with E-state index in [9.17, 15) is 9.59 Å². The Balaban J connectivity index is 1.16. The minimum absolute atomic E-state index is 0.191. The van der Waals surface area contributed by atoms with Crippen molar-refractivity contribution < 1.29 is 9.59 Å². The molecule has 2 amide bonds.